The van der Waals surface area contributed by atoms with Crippen LogP contribution in [0, 0.1) is 11.8 Å². The Balaban J connectivity index is 1.13. The van der Waals surface area contributed by atoms with Crippen LogP contribution in [0.2, 0.25) is 0 Å². The lowest BCUT2D eigenvalue weighted by Crippen LogP contribution is -2.19. The van der Waals surface area contributed by atoms with Crippen LogP contribution in [0.15, 0.2) is 109 Å². The average molecular weight is 696 g/mol. The zero-order valence-electron chi connectivity index (χ0n) is 32.1. The van der Waals surface area contributed by atoms with Crippen molar-refractivity contribution < 1.29 is 0 Å². The molecule has 3 atom stereocenters. The van der Waals surface area contributed by atoms with E-state index in [1.807, 2.05) is 0 Å². The summed E-state index contributed by atoms with van der Waals surface area (Å²) in [6, 6.07) is 43.5. The molecule has 0 heterocycles. The average Bonchev–Trinajstić information content (AvgIpc) is 3.92. The van der Waals surface area contributed by atoms with E-state index in [1.165, 1.54) is 151 Å². The zero-order valence-corrected chi connectivity index (χ0v) is 32.1. The Labute approximate surface area is 318 Å². The molecule has 3 unspecified atom stereocenters. The number of fused-ring (bicyclic) bond motifs is 5. The van der Waals surface area contributed by atoms with Crippen molar-refractivity contribution in [3.8, 4) is 22.3 Å². The molecular weight excluding hydrogens is 639 g/mol. The summed E-state index contributed by atoms with van der Waals surface area (Å²) in [5.74, 6) is 3.98. The number of rotatable bonds is 7. The number of nitrogens with zero attached hydrogens (tertiary/aromatic N) is 1. The molecule has 270 valence electrons. The molecule has 4 fully saturated rings. The van der Waals surface area contributed by atoms with Crippen molar-refractivity contribution in [1.29, 1.82) is 0 Å². The van der Waals surface area contributed by atoms with Crippen molar-refractivity contribution in [1.82, 2.24) is 0 Å². The van der Waals surface area contributed by atoms with Crippen LogP contribution in [-0.2, 0) is 5.41 Å². The topological polar surface area (TPSA) is 3.24 Å². The van der Waals surface area contributed by atoms with Gasteiger partial charge in [-0.1, -0.05) is 138 Å². The number of anilines is 3. The Kier molecular flexibility index (Phi) is 8.61. The summed E-state index contributed by atoms with van der Waals surface area (Å²) in [6.45, 7) is 4.91. The fourth-order valence-electron chi connectivity index (χ4n) is 12.0. The van der Waals surface area contributed by atoms with E-state index < -0.39 is 0 Å². The number of benzene rings is 5. The maximum absolute atomic E-state index is 2.60. The van der Waals surface area contributed by atoms with E-state index >= 15 is 0 Å². The van der Waals surface area contributed by atoms with Crippen LogP contribution in [0.1, 0.15) is 149 Å². The van der Waals surface area contributed by atoms with Crippen LogP contribution in [0.25, 0.3) is 22.3 Å². The Morgan fingerprint density at radius 2 is 1.09 bits per heavy atom. The summed E-state index contributed by atoms with van der Waals surface area (Å²) in [7, 11) is 0. The second kappa shape index (κ2) is 13.6. The van der Waals surface area contributed by atoms with Crippen LogP contribution < -0.4 is 4.90 Å². The van der Waals surface area contributed by atoms with Crippen molar-refractivity contribution in [2.24, 2.45) is 11.8 Å². The van der Waals surface area contributed by atoms with Gasteiger partial charge in [-0.3, -0.25) is 0 Å². The third kappa shape index (κ3) is 5.89. The van der Waals surface area contributed by atoms with E-state index in [4.69, 9.17) is 0 Å². The minimum atomic E-state index is -0.124. The summed E-state index contributed by atoms with van der Waals surface area (Å²) in [4.78, 5) is 2.60. The molecule has 0 aliphatic heterocycles. The van der Waals surface area contributed by atoms with Gasteiger partial charge in [-0.2, -0.15) is 0 Å². The molecule has 5 aromatic rings. The minimum Gasteiger partial charge on any atom is -0.310 e. The van der Waals surface area contributed by atoms with Crippen LogP contribution in [-0.4, -0.2) is 0 Å². The highest BCUT2D eigenvalue weighted by Gasteiger charge is 2.41. The quantitative estimate of drug-likeness (QED) is 0.164. The predicted octanol–water partition coefficient (Wildman–Crippen LogP) is 15.1. The third-order valence-corrected chi connectivity index (χ3v) is 14.8. The van der Waals surface area contributed by atoms with E-state index in [0.717, 1.165) is 17.8 Å². The van der Waals surface area contributed by atoms with Gasteiger partial charge in [0.1, 0.15) is 0 Å². The Morgan fingerprint density at radius 3 is 1.68 bits per heavy atom. The van der Waals surface area contributed by atoms with Crippen molar-refractivity contribution in [2.75, 3.05) is 4.90 Å². The molecule has 5 aliphatic carbocycles. The molecule has 0 radical (unpaired) electrons. The molecule has 2 bridgehead atoms. The largest absolute Gasteiger partial charge is 0.310 e. The van der Waals surface area contributed by atoms with Crippen LogP contribution in [0.4, 0.5) is 17.1 Å². The first-order chi connectivity index (χ1) is 26.0. The predicted molar refractivity (Wildman–Crippen MR) is 224 cm³/mol. The van der Waals surface area contributed by atoms with Gasteiger partial charge >= 0.3 is 0 Å². The molecule has 53 heavy (non-hydrogen) atoms. The summed E-state index contributed by atoms with van der Waals surface area (Å²) < 4.78 is 0. The number of hydrogen-bond acceptors (Lipinski definition) is 1. The molecule has 5 aromatic carbocycles. The smallest absolute Gasteiger partial charge is 0.0543 e. The van der Waals surface area contributed by atoms with E-state index in [2.05, 4.69) is 128 Å². The molecule has 0 spiro atoms. The Bertz CT molecular complexity index is 2070. The molecule has 4 saturated carbocycles. The van der Waals surface area contributed by atoms with Gasteiger partial charge in [0.05, 0.1) is 5.69 Å². The standard InChI is InChI=1S/C52H57N/c1-52(2)48-16-10-9-15-45(48)46-31-32-49(50(51(46)52)41-21-19-38(20-22-41)36-11-5-3-6-12-36)53(43-27-23-39(24-28-43)37-13-7-4-8-14-37)44-29-25-40(26-30-44)47-34-35-17-18-42(47)33-35/h9-10,15-16,19-32,35-37,42,47H,3-8,11-14,17-18,33-34H2,1-2H3. The first-order valence-corrected chi connectivity index (χ1v) is 21.4. The molecular formula is C52H57N. The SMILES string of the molecule is CC1(C)c2ccccc2-c2ccc(N(c3ccc(C4CCCCC4)cc3)c3ccc(C4CC5CCC4C5)cc3)c(-c3ccc(C4CCCCC4)cc3)c21. The van der Waals surface area contributed by atoms with Crippen LogP contribution in [0.3, 0.4) is 0 Å². The van der Waals surface area contributed by atoms with Crippen molar-refractivity contribution >= 4 is 17.1 Å². The van der Waals surface area contributed by atoms with Crippen molar-refractivity contribution in [3.63, 3.8) is 0 Å². The van der Waals surface area contributed by atoms with Gasteiger partial charge < -0.3 is 4.90 Å². The fraction of sp³-hybridized carbons (Fsp3) is 0.423. The molecule has 0 aromatic heterocycles. The molecule has 0 amide bonds. The van der Waals surface area contributed by atoms with Crippen molar-refractivity contribution in [2.45, 2.75) is 127 Å². The van der Waals surface area contributed by atoms with Crippen LogP contribution >= 0.6 is 0 Å². The van der Waals surface area contributed by atoms with E-state index in [-0.39, 0.29) is 5.41 Å². The highest BCUT2D eigenvalue weighted by molar-refractivity contribution is 5.97. The summed E-state index contributed by atoms with van der Waals surface area (Å²) >= 11 is 0. The minimum absolute atomic E-state index is 0.124. The molecule has 10 rings (SSSR count). The first-order valence-electron chi connectivity index (χ1n) is 21.4. The third-order valence-electron chi connectivity index (χ3n) is 14.8. The summed E-state index contributed by atoms with van der Waals surface area (Å²) in [6.07, 6.45) is 19.3. The second-order valence-corrected chi connectivity index (χ2v) is 18.1. The van der Waals surface area contributed by atoms with Gasteiger partial charge in [0.25, 0.3) is 0 Å². The zero-order chi connectivity index (χ0) is 35.5. The summed E-state index contributed by atoms with van der Waals surface area (Å²) in [5, 5.41) is 0. The van der Waals surface area contributed by atoms with Crippen LogP contribution in [0.5, 0.6) is 0 Å². The molecule has 1 heteroatoms. The lowest BCUT2D eigenvalue weighted by Gasteiger charge is -2.33. The maximum Gasteiger partial charge on any atom is 0.0543 e. The van der Waals surface area contributed by atoms with Gasteiger partial charge in [-0.15, -0.1) is 0 Å². The lowest BCUT2D eigenvalue weighted by atomic mass is 9.77. The number of hydrogen-bond donors (Lipinski definition) is 0. The maximum atomic E-state index is 2.60. The monoisotopic (exact) mass is 695 g/mol. The van der Waals surface area contributed by atoms with Crippen molar-refractivity contribution in [3.05, 3.63) is 137 Å². The fourth-order valence-corrected chi connectivity index (χ4v) is 12.0. The highest BCUT2D eigenvalue weighted by atomic mass is 15.1. The van der Waals surface area contributed by atoms with Gasteiger partial charge in [-0.25, -0.2) is 0 Å². The Hall–Kier alpha value is -4.10. The van der Waals surface area contributed by atoms with E-state index in [1.54, 1.807) is 5.56 Å². The normalized spacial score (nSPS) is 23.5. The lowest BCUT2D eigenvalue weighted by molar-refractivity contribution is 0.420. The summed E-state index contributed by atoms with van der Waals surface area (Å²) in [5.41, 5.74) is 16.7. The second-order valence-electron chi connectivity index (χ2n) is 18.1. The Morgan fingerprint density at radius 1 is 0.509 bits per heavy atom. The molecule has 0 N–H and O–H groups in total. The van der Waals surface area contributed by atoms with E-state index in [9.17, 15) is 0 Å². The highest BCUT2D eigenvalue weighted by Crippen LogP contribution is 2.57. The molecule has 5 aliphatic rings. The van der Waals surface area contributed by atoms with Gasteiger partial charge in [0.15, 0.2) is 0 Å². The van der Waals surface area contributed by atoms with Gasteiger partial charge in [0, 0.05) is 22.4 Å². The molecule has 1 nitrogen and oxygen atoms in total. The molecule has 0 saturated heterocycles. The van der Waals surface area contributed by atoms with E-state index in [0.29, 0.717) is 11.8 Å². The first kappa shape index (κ1) is 33.5. The van der Waals surface area contributed by atoms with Gasteiger partial charge in [0.2, 0.25) is 0 Å². The van der Waals surface area contributed by atoms with Gasteiger partial charge in [-0.05, 0) is 149 Å².